The first-order chi connectivity index (χ1) is 6.57. The number of H-pyrrole nitrogens is 1. The molecule has 2 heterocycles. The number of fused-ring (bicyclic) bond motifs is 1. The fraction of sp³-hybridized carbons (Fsp3) is 0.727. The van der Waals surface area contributed by atoms with Crippen molar-refractivity contribution in [2.45, 2.75) is 39.2 Å². The van der Waals surface area contributed by atoms with Crippen molar-refractivity contribution >= 4 is 0 Å². The van der Waals surface area contributed by atoms with Crippen LogP contribution in [-0.2, 0) is 12.8 Å². The molecule has 0 amide bonds. The Bertz CT molecular complexity index is 286. The van der Waals surface area contributed by atoms with Crippen LogP contribution in [-0.4, -0.2) is 33.5 Å². The molecule has 0 spiro atoms. The topological polar surface area (TPSA) is 31.9 Å². The quantitative estimate of drug-likeness (QED) is 0.679. The van der Waals surface area contributed by atoms with Crippen molar-refractivity contribution < 1.29 is 0 Å². The largest absolute Gasteiger partial charge is 0.348 e. The lowest BCUT2D eigenvalue weighted by atomic mass is 10.1. The van der Waals surface area contributed by atoms with Crippen LogP contribution in [0.3, 0.4) is 0 Å². The predicted molar refractivity (Wildman–Crippen MR) is 57.3 cm³/mol. The minimum Gasteiger partial charge on any atom is -0.348 e. The van der Waals surface area contributed by atoms with Gasteiger partial charge < -0.3 is 4.98 Å². The van der Waals surface area contributed by atoms with E-state index in [-0.39, 0.29) is 5.54 Å². The Morgan fingerprint density at radius 1 is 1.29 bits per heavy atom. The monoisotopic (exact) mass is 193 g/mol. The van der Waals surface area contributed by atoms with Gasteiger partial charge in [0.1, 0.15) is 0 Å². The van der Waals surface area contributed by atoms with Crippen molar-refractivity contribution in [1.29, 1.82) is 0 Å². The van der Waals surface area contributed by atoms with Gasteiger partial charge in [-0.15, -0.1) is 0 Å². The average Bonchev–Trinajstić information content (AvgIpc) is 2.42. The van der Waals surface area contributed by atoms with Gasteiger partial charge in [0.2, 0.25) is 0 Å². The maximum absolute atomic E-state index is 4.35. The summed E-state index contributed by atoms with van der Waals surface area (Å²) in [5, 5.41) is 0. The second-order valence-electron chi connectivity index (χ2n) is 4.99. The smallest absolute Gasteiger partial charge is 0.0925 e. The molecule has 0 saturated heterocycles. The van der Waals surface area contributed by atoms with E-state index in [4.69, 9.17) is 0 Å². The van der Waals surface area contributed by atoms with Crippen LogP contribution in [0.15, 0.2) is 6.33 Å². The Morgan fingerprint density at radius 2 is 2.00 bits per heavy atom. The number of nitrogens with one attached hydrogen (secondary N) is 1. The summed E-state index contributed by atoms with van der Waals surface area (Å²) in [4.78, 5) is 10.1. The molecule has 1 N–H and O–H groups in total. The summed E-state index contributed by atoms with van der Waals surface area (Å²) in [6.45, 7) is 9.10. The normalized spacial score (nSPS) is 19.1. The molecule has 0 radical (unpaired) electrons. The zero-order valence-corrected chi connectivity index (χ0v) is 9.30. The molecule has 1 aliphatic rings. The molecule has 0 saturated carbocycles. The van der Waals surface area contributed by atoms with Gasteiger partial charge in [-0.05, 0) is 20.8 Å². The SMILES string of the molecule is CC(C)(C)N1CCc2nc[nH]c2CC1. The van der Waals surface area contributed by atoms with Gasteiger partial charge in [0.05, 0.1) is 12.0 Å². The lowest BCUT2D eigenvalue weighted by Gasteiger charge is -2.34. The van der Waals surface area contributed by atoms with Gasteiger partial charge in [0.25, 0.3) is 0 Å². The van der Waals surface area contributed by atoms with Crippen LogP contribution in [0.1, 0.15) is 32.2 Å². The fourth-order valence-electron chi connectivity index (χ4n) is 2.05. The molecule has 1 aromatic heterocycles. The maximum atomic E-state index is 4.35. The summed E-state index contributed by atoms with van der Waals surface area (Å²) >= 11 is 0. The summed E-state index contributed by atoms with van der Waals surface area (Å²) in [5.74, 6) is 0. The van der Waals surface area contributed by atoms with E-state index in [2.05, 4.69) is 35.6 Å². The van der Waals surface area contributed by atoms with E-state index in [1.807, 2.05) is 6.33 Å². The number of aromatic amines is 1. The first kappa shape index (κ1) is 9.71. The Kier molecular flexibility index (Phi) is 2.35. The Balaban J connectivity index is 2.10. The molecule has 0 aliphatic carbocycles. The van der Waals surface area contributed by atoms with Gasteiger partial charge in [0.15, 0.2) is 0 Å². The summed E-state index contributed by atoms with van der Waals surface area (Å²) < 4.78 is 0. The van der Waals surface area contributed by atoms with E-state index in [0.29, 0.717) is 0 Å². The van der Waals surface area contributed by atoms with Crippen molar-refractivity contribution in [3.63, 3.8) is 0 Å². The number of hydrogen-bond acceptors (Lipinski definition) is 2. The maximum Gasteiger partial charge on any atom is 0.0925 e. The highest BCUT2D eigenvalue weighted by molar-refractivity contribution is 5.14. The first-order valence-electron chi connectivity index (χ1n) is 5.33. The van der Waals surface area contributed by atoms with E-state index in [1.54, 1.807) is 0 Å². The molecule has 1 aromatic rings. The summed E-state index contributed by atoms with van der Waals surface area (Å²) in [6, 6.07) is 0. The molecular formula is C11H19N3. The third-order valence-corrected chi connectivity index (χ3v) is 3.01. The van der Waals surface area contributed by atoms with Crippen LogP contribution in [0.25, 0.3) is 0 Å². The molecule has 1 aliphatic heterocycles. The second kappa shape index (κ2) is 3.39. The van der Waals surface area contributed by atoms with E-state index in [0.717, 1.165) is 25.9 Å². The highest BCUT2D eigenvalue weighted by Crippen LogP contribution is 2.18. The van der Waals surface area contributed by atoms with Crippen LogP contribution in [0.4, 0.5) is 0 Å². The Labute approximate surface area is 85.5 Å². The molecule has 3 nitrogen and oxygen atoms in total. The summed E-state index contributed by atoms with van der Waals surface area (Å²) in [5.41, 5.74) is 2.87. The average molecular weight is 193 g/mol. The standard InChI is InChI=1S/C11H19N3/c1-11(2,3)14-6-4-9-10(5-7-14)13-8-12-9/h8H,4-7H2,1-3H3,(H,12,13). The minimum atomic E-state index is 0.281. The number of nitrogens with zero attached hydrogens (tertiary/aromatic N) is 2. The molecule has 14 heavy (non-hydrogen) atoms. The van der Waals surface area contributed by atoms with Gasteiger partial charge in [-0.3, -0.25) is 4.90 Å². The van der Waals surface area contributed by atoms with Crippen LogP contribution in [0, 0.1) is 0 Å². The summed E-state index contributed by atoms with van der Waals surface area (Å²) in [7, 11) is 0. The number of rotatable bonds is 0. The van der Waals surface area contributed by atoms with Crippen molar-refractivity contribution in [3.8, 4) is 0 Å². The zero-order chi connectivity index (χ0) is 10.2. The van der Waals surface area contributed by atoms with Crippen molar-refractivity contribution in [2.75, 3.05) is 13.1 Å². The third-order valence-electron chi connectivity index (χ3n) is 3.01. The number of hydrogen-bond donors (Lipinski definition) is 1. The molecule has 0 atom stereocenters. The van der Waals surface area contributed by atoms with E-state index in [9.17, 15) is 0 Å². The van der Waals surface area contributed by atoms with Crippen LogP contribution >= 0.6 is 0 Å². The Morgan fingerprint density at radius 3 is 2.71 bits per heavy atom. The third kappa shape index (κ3) is 1.82. The van der Waals surface area contributed by atoms with Crippen molar-refractivity contribution in [2.24, 2.45) is 0 Å². The zero-order valence-electron chi connectivity index (χ0n) is 9.30. The molecule has 0 unspecified atom stereocenters. The van der Waals surface area contributed by atoms with Gasteiger partial charge >= 0.3 is 0 Å². The van der Waals surface area contributed by atoms with Crippen LogP contribution in [0.5, 0.6) is 0 Å². The molecule has 0 bridgehead atoms. The molecular weight excluding hydrogens is 174 g/mol. The van der Waals surface area contributed by atoms with Gasteiger partial charge in [-0.25, -0.2) is 4.98 Å². The number of aromatic nitrogens is 2. The van der Waals surface area contributed by atoms with E-state index < -0.39 is 0 Å². The van der Waals surface area contributed by atoms with Crippen LogP contribution < -0.4 is 0 Å². The first-order valence-corrected chi connectivity index (χ1v) is 5.33. The lowest BCUT2D eigenvalue weighted by molar-refractivity contribution is 0.143. The predicted octanol–water partition coefficient (Wildman–Crippen LogP) is 1.61. The highest BCUT2D eigenvalue weighted by atomic mass is 15.2. The van der Waals surface area contributed by atoms with Gasteiger partial charge in [0, 0.05) is 37.2 Å². The van der Waals surface area contributed by atoms with E-state index in [1.165, 1.54) is 11.4 Å². The molecule has 0 aromatic carbocycles. The van der Waals surface area contributed by atoms with Crippen molar-refractivity contribution in [1.82, 2.24) is 14.9 Å². The highest BCUT2D eigenvalue weighted by Gasteiger charge is 2.24. The summed E-state index contributed by atoms with van der Waals surface area (Å²) in [6.07, 6.45) is 4.00. The second-order valence-corrected chi connectivity index (χ2v) is 4.99. The molecule has 0 fully saturated rings. The molecule has 78 valence electrons. The van der Waals surface area contributed by atoms with E-state index >= 15 is 0 Å². The van der Waals surface area contributed by atoms with Crippen LogP contribution in [0.2, 0.25) is 0 Å². The molecule has 3 heteroatoms. The van der Waals surface area contributed by atoms with Gasteiger partial charge in [-0.1, -0.05) is 0 Å². The van der Waals surface area contributed by atoms with Gasteiger partial charge in [-0.2, -0.15) is 0 Å². The molecule has 2 rings (SSSR count). The minimum absolute atomic E-state index is 0.281. The van der Waals surface area contributed by atoms with Crippen molar-refractivity contribution in [3.05, 3.63) is 17.7 Å². The lowest BCUT2D eigenvalue weighted by Crippen LogP contribution is -2.42. The number of imidazole rings is 1. The Hall–Kier alpha value is -0.830. The fourth-order valence-corrected chi connectivity index (χ4v) is 2.05.